The van der Waals surface area contributed by atoms with Crippen molar-refractivity contribution in [3.63, 3.8) is 0 Å². The van der Waals surface area contributed by atoms with Crippen LogP contribution >= 0.6 is 11.8 Å². The van der Waals surface area contributed by atoms with Gasteiger partial charge in [0, 0.05) is 24.0 Å². The first-order chi connectivity index (χ1) is 9.66. The molecule has 0 bridgehead atoms. The summed E-state index contributed by atoms with van der Waals surface area (Å²) in [7, 11) is 0. The Labute approximate surface area is 120 Å². The normalized spacial score (nSPS) is 16.1. The van der Waals surface area contributed by atoms with Gasteiger partial charge in [-0.2, -0.15) is 0 Å². The number of aromatic nitrogens is 4. The molecule has 104 valence electrons. The Morgan fingerprint density at radius 2 is 2.30 bits per heavy atom. The van der Waals surface area contributed by atoms with Crippen LogP contribution in [0.2, 0.25) is 0 Å². The zero-order chi connectivity index (χ0) is 14.1. The van der Waals surface area contributed by atoms with E-state index in [1.54, 1.807) is 19.3 Å². The minimum absolute atomic E-state index is 0.321. The van der Waals surface area contributed by atoms with E-state index in [4.69, 9.17) is 5.73 Å². The van der Waals surface area contributed by atoms with E-state index in [0.717, 1.165) is 29.4 Å². The van der Waals surface area contributed by atoms with Gasteiger partial charge in [-0.3, -0.25) is 14.3 Å². The van der Waals surface area contributed by atoms with Crippen LogP contribution in [0.5, 0.6) is 0 Å². The highest BCUT2D eigenvalue weighted by molar-refractivity contribution is 8.00. The predicted octanol–water partition coefficient (Wildman–Crippen LogP) is 1.64. The minimum Gasteiger partial charge on any atom is -0.369 e. The van der Waals surface area contributed by atoms with Crippen LogP contribution in [0.15, 0.2) is 29.7 Å². The highest BCUT2D eigenvalue weighted by atomic mass is 32.2. The van der Waals surface area contributed by atoms with Crippen LogP contribution in [0, 0.1) is 0 Å². The van der Waals surface area contributed by atoms with Crippen molar-refractivity contribution in [3.8, 4) is 11.4 Å². The first-order valence-corrected chi connectivity index (χ1v) is 7.36. The summed E-state index contributed by atoms with van der Waals surface area (Å²) in [6.45, 7) is 1.78. The van der Waals surface area contributed by atoms with Crippen molar-refractivity contribution < 1.29 is 4.79 Å². The molecule has 3 rings (SSSR count). The average molecular weight is 289 g/mol. The first kappa shape index (κ1) is 13.1. The van der Waals surface area contributed by atoms with E-state index in [1.165, 1.54) is 11.8 Å². The van der Waals surface area contributed by atoms with Crippen LogP contribution in [0.4, 0.5) is 0 Å². The Bertz CT molecular complexity index is 623. The lowest BCUT2D eigenvalue weighted by molar-refractivity contribution is -0.117. The van der Waals surface area contributed by atoms with Crippen molar-refractivity contribution in [1.29, 1.82) is 0 Å². The van der Waals surface area contributed by atoms with Gasteiger partial charge < -0.3 is 5.73 Å². The third kappa shape index (κ3) is 2.53. The Balaban J connectivity index is 1.96. The summed E-state index contributed by atoms with van der Waals surface area (Å²) < 4.78 is 2.10. The Kier molecular flexibility index (Phi) is 3.43. The minimum atomic E-state index is -0.344. The third-order valence-corrected chi connectivity index (χ3v) is 4.25. The molecule has 2 aromatic rings. The lowest BCUT2D eigenvalue weighted by atomic mass is 10.3. The van der Waals surface area contributed by atoms with E-state index in [9.17, 15) is 4.79 Å². The van der Waals surface area contributed by atoms with E-state index >= 15 is 0 Å². The van der Waals surface area contributed by atoms with E-state index in [1.807, 2.05) is 12.1 Å². The van der Waals surface area contributed by atoms with Crippen molar-refractivity contribution in [1.82, 2.24) is 19.7 Å². The molecule has 6 nitrogen and oxygen atoms in total. The number of amides is 1. The molecule has 7 heteroatoms. The summed E-state index contributed by atoms with van der Waals surface area (Å²) in [6, 6.07) is 4.25. The van der Waals surface area contributed by atoms with Gasteiger partial charge in [0.25, 0.3) is 0 Å². The summed E-state index contributed by atoms with van der Waals surface area (Å²) in [5, 5.41) is 8.90. The first-order valence-electron chi connectivity index (χ1n) is 6.48. The van der Waals surface area contributed by atoms with Crippen molar-refractivity contribution >= 4 is 17.7 Å². The number of pyridine rings is 1. The number of carbonyl (C=O) groups is 1. The van der Waals surface area contributed by atoms with E-state index in [2.05, 4.69) is 19.7 Å². The zero-order valence-corrected chi connectivity index (χ0v) is 11.9. The topological polar surface area (TPSA) is 86.7 Å². The van der Waals surface area contributed by atoms with Gasteiger partial charge in [-0.25, -0.2) is 0 Å². The molecule has 2 heterocycles. The molecule has 0 aliphatic heterocycles. The van der Waals surface area contributed by atoms with Gasteiger partial charge in [-0.1, -0.05) is 11.8 Å². The second kappa shape index (κ2) is 5.24. The van der Waals surface area contributed by atoms with Crippen LogP contribution in [0.25, 0.3) is 11.4 Å². The van der Waals surface area contributed by atoms with Gasteiger partial charge in [0.2, 0.25) is 5.91 Å². The van der Waals surface area contributed by atoms with E-state index in [-0.39, 0.29) is 11.2 Å². The van der Waals surface area contributed by atoms with Crippen molar-refractivity contribution in [3.05, 3.63) is 24.5 Å². The average Bonchev–Trinajstić information content (AvgIpc) is 3.21. The number of nitrogens with two attached hydrogens (primary N) is 1. The molecular weight excluding hydrogens is 274 g/mol. The van der Waals surface area contributed by atoms with Gasteiger partial charge >= 0.3 is 0 Å². The van der Waals surface area contributed by atoms with Crippen LogP contribution < -0.4 is 5.73 Å². The molecule has 1 amide bonds. The van der Waals surface area contributed by atoms with Gasteiger partial charge in [0.15, 0.2) is 11.0 Å². The predicted molar refractivity (Wildman–Crippen MR) is 76.0 cm³/mol. The standard InChI is InChI=1S/C13H15N5OS/c1-8(11(14)19)20-13-17-16-12(18(13)10-4-5-10)9-3-2-6-15-7-9/h2-3,6-8,10H,4-5H2,1H3,(H2,14,19)/t8-/m1/s1. The Morgan fingerprint density at radius 3 is 2.90 bits per heavy atom. The van der Waals surface area contributed by atoms with Crippen LogP contribution in [0.1, 0.15) is 25.8 Å². The molecule has 1 fully saturated rings. The number of thioether (sulfide) groups is 1. The van der Waals surface area contributed by atoms with Gasteiger partial charge in [0.05, 0.1) is 5.25 Å². The molecule has 0 radical (unpaired) electrons. The lowest BCUT2D eigenvalue weighted by Crippen LogP contribution is -2.23. The second-order valence-corrected chi connectivity index (χ2v) is 6.12. The fourth-order valence-electron chi connectivity index (χ4n) is 1.93. The highest BCUT2D eigenvalue weighted by Gasteiger charge is 2.31. The largest absolute Gasteiger partial charge is 0.369 e. The van der Waals surface area contributed by atoms with Gasteiger partial charge in [-0.05, 0) is 31.9 Å². The number of nitrogens with zero attached hydrogens (tertiary/aromatic N) is 4. The lowest BCUT2D eigenvalue weighted by Gasteiger charge is -2.10. The van der Waals surface area contributed by atoms with E-state index in [0.29, 0.717) is 6.04 Å². The van der Waals surface area contributed by atoms with E-state index < -0.39 is 0 Å². The molecule has 2 aromatic heterocycles. The fourth-order valence-corrected chi connectivity index (χ4v) is 2.80. The number of hydrogen-bond acceptors (Lipinski definition) is 5. The third-order valence-electron chi connectivity index (χ3n) is 3.18. The SMILES string of the molecule is C[C@@H](Sc1nnc(-c2cccnc2)n1C1CC1)C(N)=O. The monoisotopic (exact) mass is 289 g/mol. The second-order valence-electron chi connectivity index (χ2n) is 4.81. The molecule has 1 atom stereocenters. The quantitative estimate of drug-likeness (QED) is 0.846. The maximum Gasteiger partial charge on any atom is 0.230 e. The Morgan fingerprint density at radius 1 is 1.50 bits per heavy atom. The number of hydrogen-bond donors (Lipinski definition) is 1. The smallest absolute Gasteiger partial charge is 0.230 e. The van der Waals surface area contributed by atoms with Crippen LogP contribution in [0.3, 0.4) is 0 Å². The molecule has 1 aliphatic rings. The molecule has 0 unspecified atom stereocenters. The maximum atomic E-state index is 11.2. The molecule has 1 saturated carbocycles. The summed E-state index contributed by atoms with van der Waals surface area (Å²) in [6.07, 6.45) is 5.73. The van der Waals surface area contributed by atoms with Crippen molar-refractivity contribution in [2.45, 2.75) is 36.2 Å². The molecule has 0 saturated heterocycles. The number of carbonyl (C=O) groups excluding carboxylic acids is 1. The summed E-state index contributed by atoms with van der Waals surface area (Å²) >= 11 is 1.36. The molecule has 1 aliphatic carbocycles. The van der Waals surface area contributed by atoms with Crippen LogP contribution in [-0.4, -0.2) is 30.9 Å². The Hall–Kier alpha value is -1.89. The fraction of sp³-hybridized carbons (Fsp3) is 0.385. The summed E-state index contributed by atoms with van der Waals surface area (Å²) in [4.78, 5) is 15.3. The van der Waals surface area contributed by atoms with Gasteiger partial charge in [-0.15, -0.1) is 10.2 Å². The summed E-state index contributed by atoms with van der Waals surface area (Å²) in [5.41, 5.74) is 6.25. The molecule has 0 aromatic carbocycles. The van der Waals surface area contributed by atoms with Crippen molar-refractivity contribution in [2.75, 3.05) is 0 Å². The zero-order valence-electron chi connectivity index (χ0n) is 11.1. The number of rotatable bonds is 5. The molecular formula is C13H15N5OS. The molecule has 2 N–H and O–H groups in total. The highest BCUT2D eigenvalue weighted by Crippen LogP contribution is 2.41. The van der Waals surface area contributed by atoms with Crippen LogP contribution in [-0.2, 0) is 4.79 Å². The van der Waals surface area contributed by atoms with Gasteiger partial charge in [0.1, 0.15) is 0 Å². The maximum absolute atomic E-state index is 11.2. The number of primary amides is 1. The summed E-state index contributed by atoms with van der Waals surface area (Å²) in [5.74, 6) is 0.461. The molecule has 0 spiro atoms. The molecule has 20 heavy (non-hydrogen) atoms. The van der Waals surface area contributed by atoms with Crippen molar-refractivity contribution in [2.24, 2.45) is 5.73 Å².